The summed E-state index contributed by atoms with van der Waals surface area (Å²) in [6.07, 6.45) is 2.03. The Hall–Kier alpha value is 0.150. The van der Waals surface area contributed by atoms with Crippen molar-refractivity contribution >= 4 is 22.1 Å². The highest BCUT2D eigenvalue weighted by Crippen LogP contribution is 2.17. The maximum atomic E-state index is 4.44. The molecule has 0 aromatic rings. The molecule has 0 aromatic carbocycles. The Labute approximate surface area is 78.4 Å². The number of alkyl halides is 1. The molecule has 0 rings (SSSR count). The summed E-state index contributed by atoms with van der Waals surface area (Å²) in [5.74, 6) is 0. The standard InChI is InChI=1S/C9H18BrN/c1-8(2,3)11-7-9(4,5)6-10/h7H,6H2,1-5H3. The van der Waals surface area contributed by atoms with Crippen molar-refractivity contribution in [3.8, 4) is 0 Å². The molecule has 0 saturated heterocycles. The highest BCUT2D eigenvalue weighted by atomic mass is 79.9. The molecule has 11 heavy (non-hydrogen) atoms. The molecule has 1 nitrogen and oxygen atoms in total. The average Bonchev–Trinajstić information content (AvgIpc) is 1.83. The minimum Gasteiger partial charge on any atom is -0.291 e. The van der Waals surface area contributed by atoms with Crippen LogP contribution in [0.3, 0.4) is 0 Å². The first-order chi connectivity index (χ1) is 4.77. The average molecular weight is 220 g/mol. The van der Waals surface area contributed by atoms with E-state index >= 15 is 0 Å². The van der Waals surface area contributed by atoms with Crippen LogP contribution >= 0.6 is 15.9 Å². The zero-order valence-corrected chi connectivity index (χ0v) is 9.70. The van der Waals surface area contributed by atoms with E-state index in [2.05, 4.69) is 55.5 Å². The van der Waals surface area contributed by atoms with Crippen LogP contribution in [0.1, 0.15) is 34.6 Å². The lowest BCUT2D eigenvalue weighted by Crippen LogP contribution is -2.19. The minimum atomic E-state index is 0.0550. The van der Waals surface area contributed by atoms with Crippen LogP contribution in [0.5, 0.6) is 0 Å². The smallest absolute Gasteiger partial charge is 0.0520 e. The van der Waals surface area contributed by atoms with Gasteiger partial charge in [0.2, 0.25) is 0 Å². The lowest BCUT2D eigenvalue weighted by molar-refractivity contribution is 0.558. The monoisotopic (exact) mass is 219 g/mol. The summed E-state index contributed by atoms with van der Waals surface area (Å²) in [4.78, 5) is 4.44. The molecule has 2 heteroatoms. The molecule has 0 aliphatic rings. The van der Waals surface area contributed by atoms with Gasteiger partial charge in [0.15, 0.2) is 0 Å². The molecule has 0 fully saturated rings. The van der Waals surface area contributed by atoms with Gasteiger partial charge in [-0.3, -0.25) is 4.99 Å². The first kappa shape index (κ1) is 11.2. The van der Waals surface area contributed by atoms with E-state index < -0.39 is 0 Å². The highest BCUT2D eigenvalue weighted by Gasteiger charge is 2.14. The summed E-state index contributed by atoms with van der Waals surface area (Å²) in [6.45, 7) is 10.6. The van der Waals surface area contributed by atoms with Gasteiger partial charge in [0.1, 0.15) is 0 Å². The fraction of sp³-hybridized carbons (Fsp3) is 0.889. The van der Waals surface area contributed by atoms with Crippen LogP contribution in [0.25, 0.3) is 0 Å². The number of hydrogen-bond acceptors (Lipinski definition) is 1. The molecular formula is C9H18BrN. The molecule has 66 valence electrons. The molecule has 0 saturated carbocycles. The zero-order valence-electron chi connectivity index (χ0n) is 8.11. The Bertz CT molecular complexity index is 142. The molecule has 0 spiro atoms. The molecule has 0 atom stereocenters. The van der Waals surface area contributed by atoms with Gasteiger partial charge in [0.25, 0.3) is 0 Å². The first-order valence-corrected chi connectivity index (χ1v) is 5.01. The van der Waals surface area contributed by atoms with Gasteiger partial charge in [0, 0.05) is 17.0 Å². The molecule has 0 amide bonds. The van der Waals surface area contributed by atoms with Gasteiger partial charge in [-0.2, -0.15) is 0 Å². The van der Waals surface area contributed by atoms with Crippen LogP contribution in [0, 0.1) is 5.41 Å². The Morgan fingerprint density at radius 1 is 1.18 bits per heavy atom. The van der Waals surface area contributed by atoms with Gasteiger partial charge >= 0.3 is 0 Å². The summed E-state index contributed by atoms with van der Waals surface area (Å²) in [7, 11) is 0. The number of halogens is 1. The van der Waals surface area contributed by atoms with E-state index in [1.165, 1.54) is 0 Å². The maximum Gasteiger partial charge on any atom is 0.0520 e. The number of nitrogens with zero attached hydrogens (tertiary/aromatic N) is 1. The largest absolute Gasteiger partial charge is 0.291 e. The third kappa shape index (κ3) is 6.54. The second kappa shape index (κ2) is 3.70. The topological polar surface area (TPSA) is 12.4 Å². The Morgan fingerprint density at radius 3 is 1.91 bits per heavy atom. The minimum absolute atomic E-state index is 0.0550. The van der Waals surface area contributed by atoms with E-state index in [1.807, 2.05) is 6.21 Å². The van der Waals surface area contributed by atoms with Gasteiger partial charge in [-0.05, 0) is 20.8 Å². The van der Waals surface area contributed by atoms with Crippen LogP contribution in [-0.2, 0) is 0 Å². The van der Waals surface area contributed by atoms with E-state index in [-0.39, 0.29) is 11.0 Å². The van der Waals surface area contributed by atoms with Crippen molar-refractivity contribution in [1.82, 2.24) is 0 Å². The fourth-order valence-corrected chi connectivity index (χ4v) is 0.548. The van der Waals surface area contributed by atoms with Crippen molar-refractivity contribution in [3.05, 3.63) is 0 Å². The molecule has 0 aliphatic heterocycles. The van der Waals surface area contributed by atoms with Gasteiger partial charge in [0.05, 0.1) is 5.54 Å². The van der Waals surface area contributed by atoms with Crippen molar-refractivity contribution in [1.29, 1.82) is 0 Å². The second-order valence-corrected chi connectivity index (χ2v) is 5.11. The quantitative estimate of drug-likeness (QED) is 0.500. The number of aliphatic imine (C=N–C) groups is 1. The van der Waals surface area contributed by atoms with E-state index in [0.29, 0.717) is 0 Å². The maximum absolute atomic E-state index is 4.44. The molecular weight excluding hydrogens is 202 g/mol. The molecule has 0 aromatic heterocycles. The van der Waals surface area contributed by atoms with Crippen molar-refractivity contribution < 1.29 is 0 Å². The summed E-state index contributed by atoms with van der Waals surface area (Å²) in [5.41, 5.74) is 0.229. The van der Waals surface area contributed by atoms with Crippen LogP contribution in [0.2, 0.25) is 0 Å². The summed E-state index contributed by atoms with van der Waals surface area (Å²) >= 11 is 3.45. The summed E-state index contributed by atoms with van der Waals surface area (Å²) < 4.78 is 0. The second-order valence-electron chi connectivity index (χ2n) is 4.55. The Kier molecular flexibility index (Phi) is 3.75. The van der Waals surface area contributed by atoms with Crippen molar-refractivity contribution in [2.75, 3.05) is 5.33 Å². The predicted octanol–water partition coefficient (Wildman–Crippen LogP) is 3.28. The van der Waals surface area contributed by atoms with Crippen LogP contribution in [0.15, 0.2) is 4.99 Å². The zero-order chi connectivity index (χ0) is 9.12. The molecule has 0 radical (unpaired) electrons. The predicted molar refractivity (Wildman–Crippen MR) is 55.8 cm³/mol. The summed E-state index contributed by atoms with van der Waals surface area (Å²) in [6, 6.07) is 0. The van der Waals surface area contributed by atoms with E-state index in [0.717, 1.165) is 5.33 Å². The molecule has 0 aliphatic carbocycles. The van der Waals surface area contributed by atoms with Gasteiger partial charge in [-0.1, -0.05) is 29.8 Å². The van der Waals surface area contributed by atoms with Crippen LogP contribution in [0.4, 0.5) is 0 Å². The number of hydrogen-bond donors (Lipinski definition) is 0. The van der Waals surface area contributed by atoms with E-state index in [1.54, 1.807) is 0 Å². The fourth-order valence-electron chi connectivity index (χ4n) is 0.403. The molecule has 0 heterocycles. The van der Waals surface area contributed by atoms with Crippen molar-refractivity contribution in [2.45, 2.75) is 40.2 Å². The first-order valence-electron chi connectivity index (χ1n) is 3.89. The third-order valence-electron chi connectivity index (χ3n) is 1.15. The summed E-state index contributed by atoms with van der Waals surface area (Å²) in [5, 5.41) is 0.958. The van der Waals surface area contributed by atoms with Gasteiger partial charge in [-0.15, -0.1) is 0 Å². The van der Waals surface area contributed by atoms with E-state index in [9.17, 15) is 0 Å². The Morgan fingerprint density at radius 2 is 1.64 bits per heavy atom. The van der Waals surface area contributed by atoms with Crippen molar-refractivity contribution in [2.24, 2.45) is 10.4 Å². The molecule has 0 bridgehead atoms. The van der Waals surface area contributed by atoms with Crippen LogP contribution in [-0.4, -0.2) is 17.1 Å². The lowest BCUT2D eigenvalue weighted by Gasteiger charge is -2.18. The van der Waals surface area contributed by atoms with Crippen LogP contribution < -0.4 is 0 Å². The molecule has 0 N–H and O–H groups in total. The number of rotatable bonds is 2. The van der Waals surface area contributed by atoms with Crippen molar-refractivity contribution in [3.63, 3.8) is 0 Å². The Balaban J connectivity index is 4.13. The molecule has 0 unspecified atom stereocenters. The lowest BCUT2D eigenvalue weighted by atomic mass is 9.98. The SMILES string of the molecule is CC(C)(C=NC(C)(C)C)CBr. The highest BCUT2D eigenvalue weighted by molar-refractivity contribution is 9.09. The third-order valence-corrected chi connectivity index (χ3v) is 2.59. The van der Waals surface area contributed by atoms with E-state index in [4.69, 9.17) is 0 Å². The normalized spacial score (nSPS) is 14.4. The van der Waals surface area contributed by atoms with Gasteiger partial charge < -0.3 is 0 Å². The van der Waals surface area contributed by atoms with Gasteiger partial charge in [-0.25, -0.2) is 0 Å².